The van der Waals surface area contributed by atoms with Gasteiger partial charge in [0.15, 0.2) is 0 Å². The van der Waals surface area contributed by atoms with Crippen LogP contribution in [0.1, 0.15) is 49.5 Å². The monoisotopic (exact) mass is 446 g/mol. The van der Waals surface area contributed by atoms with Gasteiger partial charge in [-0.2, -0.15) is 0 Å². The maximum Gasteiger partial charge on any atom is 0.255 e. The number of carbonyl (C=O) groups is 1. The molecule has 168 valence electrons. The number of rotatable bonds is 7. The van der Waals surface area contributed by atoms with Crippen molar-refractivity contribution in [3.05, 3.63) is 53.6 Å². The Kier molecular flexibility index (Phi) is 7.03. The number of carbonyl (C=O) groups excluding carboxylic acids is 1. The second-order valence-corrected chi connectivity index (χ2v) is 10.5. The predicted molar refractivity (Wildman–Crippen MR) is 120 cm³/mol. The summed E-state index contributed by atoms with van der Waals surface area (Å²) < 4.78 is 39.0. The van der Waals surface area contributed by atoms with Crippen molar-refractivity contribution in [1.82, 2.24) is 4.72 Å². The maximum atomic E-state index is 12.7. The summed E-state index contributed by atoms with van der Waals surface area (Å²) in [6, 6.07) is 11.4. The van der Waals surface area contributed by atoms with Crippen LogP contribution < -0.4 is 14.8 Å². The van der Waals surface area contributed by atoms with E-state index in [1.165, 1.54) is 24.3 Å². The molecule has 8 heteroatoms. The summed E-state index contributed by atoms with van der Waals surface area (Å²) in [6.45, 7) is 8.45. The Balaban J connectivity index is 1.71. The molecule has 1 unspecified atom stereocenters. The zero-order chi connectivity index (χ0) is 22.6. The number of sulfonamides is 1. The van der Waals surface area contributed by atoms with Crippen molar-refractivity contribution < 1.29 is 22.7 Å². The smallest absolute Gasteiger partial charge is 0.255 e. The summed E-state index contributed by atoms with van der Waals surface area (Å²) in [5, 5.41) is 2.86. The normalized spacial score (nSPS) is 16.8. The molecule has 1 atom stereocenters. The molecule has 0 aromatic heterocycles. The zero-order valence-electron chi connectivity index (χ0n) is 18.4. The van der Waals surface area contributed by atoms with Crippen molar-refractivity contribution in [2.45, 2.75) is 57.1 Å². The van der Waals surface area contributed by atoms with Crippen LogP contribution in [-0.2, 0) is 14.8 Å². The Labute approximate surface area is 184 Å². The Hall–Kier alpha value is -2.42. The molecule has 1 heterocycles. The molecule has 31 heavy (non-hydrogen) atoms. The summed E-state index contributed by atoms with van der Waals surface area (Å²) in [7, 11) is -3.66. The minimum absolute atomic E-state index is 0.0697. The average Bonchev–Trinajstić information content (AvgIpc) is 3.20. The molecule has 1 fully saturated rings. The molecule has 2 aromatic rings. The van der Waals surface area contributed by atoms with Crippen molar-refractivity contribution in [2.75, 3.05) is 18.5 Å². The van der Waals surface area contributed by atoms with Crippen molar-refractivity contribution in [3.8, 4) is 5.75 Å². The van der Waals surface area contributed by atoms with Crippen LogP contribution in [0, 0.1) is 6.92 Å². The standard InChI is InChI=1S/C23H30N2O5S/c1-16-7-12-20(21(14-16)30-15-18-6-5-13-29-18)24-22(26)17-8-10-19(11-9-17)31(27,28)25-23(2,3)4/h7-12,14,18,25H,5-6,13,15H2,1-4H3,(H,24,26). The summed E-state index contributed by atoms with van der Waals surface area (Å²) in [6.07, 6.45) is 2.06. The molecular formula is C23H30N2O5S. The van der Waals surface area contributed by atoms with Gasteiger partial charge in [0.1, 0.15) is 12.4 Å². The van der Waals surface area contributed by atoms with Crippen molar-refractivity contribution in [1.29, 1.82) is 0 Å². The minimum Gasteiger partial charge on any atom is -0.489 e. The summed E-state index contributed by atoms with van der Waals surface area (Å²) >= 11 is 0. The van der Waals surface area contributed by atoms with Gasteiger partial charge in [0.05, 0.1) is 16.7 Å². The molecule has 3 rings (SSSR count). The Morgan fingerprint density at radius 2 is 1.87 bits per heavy atom. The molecule has 1 aliphatic rings. The number of benzene rings is 2. The highest BCUT2D eigenvalue weighted by atomic mass is 32.2. The van der Waals surface area contributed by atoms with E-state index in [9.17, 15) is 13.2 Å². The highest BCUT2D eigenvalue weighted by molar-refractivity contribution is 7.89. The van der Waals surface area contributed by atoms with E-state index in [1.807, 2.05) is 19.1 Å². The highest BCUT2D eigenvalue weighted by Gasteiger charge is 2.22. The lowest BCUT2D eigenvalue weighted by molar-refractivity contribution is 0.0681. The molecule has 1 amide bonds. The van der Waals surface area contributed by atoms with Crippen LogP contribution in [0.2, 0.25) is 0 Å². The zero-order valence-corrected chi connectivity index (χ0v) is 19.2. The van der Waals surface area contributed by atoms with Gasteiger partial charge in [-0.1, -0.05) is 6.07 Å². The summed E-state index contributed by atoms with van der Waals surface area (Å²) in [5.74, 6) is 0.232. The molecule has 0 saturated carbocycles. The second-order valence-electron chi connectivity index (χ2n) is 8.78. The number of amides is 1. The molecule has 2 N–H and O–H groups in total. The van der Waals surface area contributed by atoms with E-state index in [-0.39, 0.29) is 16.9 Å². The average molecular weight is 447 g/mol. The van der Waals surface area contributed by atoms with Crippen molar-refractivity contribution in [3.63, 3.8) is 0 Å². The topological polar surface area (TPSA) is 93.7 Å². The maximum absolute atomic E-state index is 12.7. The summed E-state index contributed by atoms with van der Waals surface area (Å²) in [5.41, 5.74) is 1.32. The molecule has 0 radical (unpaired) electrons. The highest BCUT2D eigenvalue weighted by Crippen LogP contribution is 2.27. The van der Waals surface area contributed by atoms with E-state index >= 15 is 0 Å². The van der Waals surface area contributed by atoms with Crippen molar-refractivity contribution >= 4 is 21.6 Å². The molecular weight excluding hydrogens is 416 g/mol. The van der Waals surface area contributed by atoms with Gasteiger partial charge in [0.2, 0.25) is 10.0 Å². The lowest BCUT2D eigenvalue weighted by Gasteiger charge is -2.20. The van der Waals surface area contributed by atoms with E-state index < -0.39 is 15.6 Å². The second kappa shape index (κ2) is 9.38. The largest absolute Gasteiger partial charge is 0.489 e. The van der Waals surface area contributed by atoms with Gasteiger partial charge < -0.3 is 14.8 Å². The molecule has 2 aromatic carbocycles. The van der Waals surface area contributed by atoms with Crippen LogP contribution in [0.4, 0.5) is 5.69 Å². The fourth-order valence-corrected chi connectivity index (χ4v) is 4.67. The number of nitrogens with one attached hydrogen (secondary N) is 2. The van der Waals surface area contributed by atoms with Gasteiger partial charge in [-0.3, -0.25) is 4.79 Å². The Morgan fingerprint density at radius 1 is 1.16 bits per heavy atom. The van der Waals surface area contributed by atoms with E-state index in [4.69, 9.17) is 9.47 Å². The number of aryl methyl sites for hydroxylation is 1. The first kappa shape index (κ1) is 23.2. The molecule has 0 bridgehead atoms. The van der Waals surface area contributed by atoms with E-state index in [1.54, 1.807) is 26.8 Å². The van der Waals surface area contributed by atoms with E-state index in [0.717, 1.165) is 25.0 Å². The third kappa shape index (κ3) is 6.53. The van der Waals surface area contributed by atoms with Crippen LogP contribution >= 0.6 is 0 Å². The first-order chi connectivity index (χ1) is 14.5. The quantitative estimate of drug-likeness (QED) is 0.673. The third-order valence-corrected chi connectivity index (χ3v) is 6.48. The number of anilines is 1. The molecule has 1 saturated heterocycles. The van der Waals surface area contributed by atoms with E-state index in [0.29, 0.717) is 23.6 Å². The van der Waals surface area contributed by atoms with Gasteiger partial charge in [-0.25, -0.2) is 13.1 Å². The van der Waals surface area contributed by atoms with Gasteiger partial charge >= 0.3 is 0 Å². The summed E-state index contributed by atoms with van der Waals surface area (Å²) in [4.78, 5) is 12.9. The third-order valence-electron chi connectivity index (χ3n) is 4.70. The predicted octanol–water partition coefficient (Wildman–Crippen LogP) is 3.88. The van der Waals surface area contributed by atoms with Gasteiger partial charge in [-0.05, 0) is 82.5 Å². The number of ether oxygens (including phenoxy) is 2. The molecule has 0 aliphatic carbocycles. The van der Waals surface area contributed by atoms with E-state index in [2.05, 4.69) is 10.0 Å². The first-order valence-electron chi connectivity index (χ1n) is 10.3. The van der Waals surface area contributed by atoms with Crippen LogP contribution in [0.5, 0.6) is 5.75 Å². The molecule has 7 nitrogen and oxygen atoms in total. The molecule has 1 aliphatic heterocycles. The lowest BCUT2D eigenvalue weighted by atomic mass is 10.1. The van der Waals surface area contributed by atoms with Crippen LogP contribution in [-0.4, -0.2) is 39.2 Å². The first-order valence-corrected chi connectivity index (χ1v) is 11.8. The minimum atomic E-state index is -3.66. The number of hydrogen-bond acceptors (Lipinski definition) is 5. The van der Waals surface area contributed by atoms with Crippen LogP contribution in [0.3, 0.4) is 0 Å². The van der Waals surface area contributed by atoms with Crippen molar-refractivity contribution in [2.24, 2.45) is 0 Å². The van der Waals surface area contributed by atoms with Gasteiger partial charge in [0.25, 0.3) is 5.91 Å². The molecule has 0 spiro atoms. The SMILES string of the molecule is Cc1ccc(NC(=O)c2ccc(S(=O)(=O)NC(C)(C)C)cc2)c(OCC2CCCO2)c1. The fraction of sp³-hybridized carbons (Fsp3) is 0.435. The Bertz CT molecular complexity index is 1020. The van der Waals surface area contributed by atoms with Gasteiger partial charge in [0, 0.05) is 17.7 Å². The van der Waals surface area contributed by atoms with Crippen LogP contribution in [0.15, 0.2) is 47.4 Å². The van der Waals surface area contributed by atoms with Crippen LogP contribution in [0.25, 0.3) is 0 Å². The number of hydrogen-bond donors (Lipinski definition) is 2. The fourth-order valence-electron chi connectivity index (χ4n) is 3.25. The Morgan fingerprint density at radius 3 is 2.48 bits per heavy atom. The lowest BCUT2D eigenvalue weighted by Crippen LogP contribution is -2.40. The van der Waals surface area contributed by atoms with Gasteiger partial charge in [-0.15, -0.1) is 0 Å².